The van der Waals surface area contributed by atoms with Crippen LogP contribution in [0.1, 0.15) is 39.5 Å². The summed E-state index contributed by atoms with van der Waals surface area (Å²) in [6, 6.07) is 6.71. The van der Waals surface area contributed by atoms with Gasteiger partial charge in [-0.05, 0) is 48.2 Å². The summed E-state index contributed by atoms with van der Waals surface area (Å²) in [5.41, 5.74) is -0.509. The fourth-order valence-electron chi connectivity index (χ4n) is 2.96. The van der Waals surface area contributed by atoms with Gasteiger partial charge in [0.15, 0.2) is 0 Å². The molecule has 3 rings (SSSR count). The van der Waals surface area contributed by atoms with Crippen LogP contribution in [0.3, 0.4) is 0 Å². The lowest BCUT2D eigenvalue weighted by molar-refractivity contribution is -0.137. The van der Waals surface area contributed by atoms with Gasteiger partial charge in [-0.1, -0.05) is 23.7 Å². The van der Waals surface area contributed by atoms with E-state index in [0.717, 1.165) is 12.1 Å². The standard InChI is InChI=1S/C17H12ClF4NO/c18-9-7-12-10(14(19)8-9)5-6-15(12)23-16(24)11-3-1-2-4-13(11)17(20,21)22/h1-4,7-8,15H,5-6H2,(H,23,24)/t15-/m1/s1. The molecule has 1 aliphatic carbocycles. The van der Waals surface area contributed by atoms with Gasteiger partial charge in [0, 0.05) is 5.02 Å². The van der Waals surface area contributed by atoms with E-state index in [1.807, 2.05) is 0 Å². The monoisotopic (exact) mass is 357 g/mol. The highest BCUT2D eigenvalue weighted by Gasteiger charge is 2.36. The van der Waals surface area contributed by atoms with Gasteiger partial charge in [0.2, 0.25) is 0 Å². The molecule has 1 N–H and O–H groups in total. The normalized spacial score (nSPS) is 16.8. The summed E-state index contributed by atoms with van der Waals surface area (Å²) in [5.74, 6) is -1.31. The summed E-state index contributed by atoms with van der Waals surface area (Å²) < 4.78 is 52.9. The summed E-state index contributed by atoms with van der Waals surface area (Å²) in [5, 5.41) is 2.74. The molecule has 0 saturated heterocycles. The number of alkyl halides is 3. The average molecular weight is 358 g/mol. The highest BCUT2D eigenvalue weighted by Crippen LogP contribution is 2.36. The molecule has 0 radical (unpaired) electrons. The first-order chi connectivity index (χ1) is 11.3. The van der Waals surface area contributed by atoms with Crippen LogP contribution in [-0.4, -0.2) is 5.91 Å². The van der Waals surface area contributed by atoms with Crippen molar-refractivity contribution in [2.24, 2.45) is 0 Å². The number of hydrogen-bond acceptors (Lipinski definition) is 1. The van der Waals surface area contributed by atoms with E-state index in [1.165, 1.54) is 24.3 Å². The summed E-state index contributed by atoms with van der Waals surface area (Å²) in [6.45, 7) is 0. The second-order valence-corrected chi connectivity index (χ2v) is 6.00. The molecule has 0 aromatic heterocycles. The van der Waals surface area contributed by atoms with E-state index >= 15 is 0 Å². The first-order valence-electron chi connectivity index (χ1n) is 7.22. The Bertz CT molecular complexity index is 804. The maximum Gasteiger partial charge on any atom is 0.417 e. The Balaban J connectivity index is 1.89. The van der Waals surface area contributed by atoms with Crippen molar-refractivity contribution < 1.29 is 22.4 Å². The van der Waals surface area contributed by atoms with E-state index in [9.17, 15) is 22.4 Å². The smallest absolute Gasteiger partial charge is 0.345 e. The number of amides is 1. The SMILES string of the molecule is O=C(N[C@@H]1CCc2c(F)cc(Cl)cc21)c1ccccc1C(F)(F)F. The molecule has 1 amide bonds. The molecular formula is C17H12ClF4NO. The fraction of sp³-hybridized carbons (Fsp3) is 0.235. The molecule has 7 heteroatoms. The number of fused-ring (bicyclic) bond motifs is 1. The fourth-order valence-corrected chi connectivity index (χ4v) is 3.17. The van der Waals surface area contributed by atoms with E-state index in [4.69, 9.17) is 11.6 Å². The molecule has 0 bridgehead atoms. The van der Waals surface area contributed by atoms with E-state index < -0.39 is 35.1 Å². The molecule has 2 aromatic carbocycles. The van der Waals surface area contributed by atoms with Gasteiger partial charge in [0.1, 0.15) is 5.82 Å². The molecule has 0 fully saturated rings. The summed E-state index contributed by atoms with van der Waals surface area (Å²) in [7, 11) is 0. The predicted octanol–water partition coefficient (Wildman–Crippen LogP) is 4.92. The van der Waals surface area contributed by atoms with Crippen LogP contribution in [0.25, 0.3) is 0 Å². The van der Waals surface area contributed by atoms with Crippen LogP contribution >= 0.6 is 11.6 Å². The van der Waals surface area contributed by atoms with Crippen molar-refractivity contribution in [3.05, 3.63) is 69.5 Å². The van der Waals surface area contributed by atoms with Gasteiger partial charge < -0.3 is 5.32 Å². The van der Waals surface area contributed by atoms with Crippen molar-refractivity contribution >= 4 is 17.5 Å². The minimum absolute atomic E-state index is 0.183. The Morgan fingerprint density at radius 2 is 1.92 bits per heavy atom. The lowest BCUT2D eigenvalue weighted by Gasteiger charge is -2.17. The topological polar surface area (TPSA) is 29.1 Å². The van der Waals surface area contributed by atoms with Crippen LogP contribution in [0.15, 0.2) is 36.4 Å². The largest absolute Gasteiger partial charge is 0.417 e. The molecule has 1 atom stereocenters. The third-order valence-electron chi connectivity index (χ3n) is 4.04. The zero-order valence-corrected chi connectivity index (χ0v) is 13.0. The van der Waals surface area contributed by atoms with Crippen molar-refractivity contribution in [3.63, 3.8) is 0 Å². The molecule has 0 heterocycles. The molecule has 126 valence electrons. The first kappa shape index (κ1) is 16.8. The van der Waals surface area contributed by atoms with E-state index in [-0.39, 0.29) is 5.02 Å². The van der Waals surface area contributed by atoms with Crippen LogP contribution in [0.2, 0.25) is 5.02 Å². The maximum absolute atomic E-state index is 13.9. The van der Waals surface area contributed by atoms with Crippen molar-refractivity contribution in [2.75, 3.05) is 0 Å². The molecule has 2 nitrogen and oxygen atoms in total. The quantitative estimate of drug-likeness (QED) is 0.760. The van der Waals surface area contributed by atoms with Gasteiger partial charge in [-0.25, -0.2) is 4.39 Å². The highest BCUT2D eigenvalue weighted by atomic mass is 35.5. The van der Waals surface area contributed by atoms with Crippen LogP contribution in [-0.2, 0) is 12.6 Å². The van der Waals surface area contributed by atoms with Crippen molar-refractivity contribution in [2.45, 2.75) is 25.1 Å². The van der Waals surface area contributed by atoms with Crippen molar-refractivity contribution in [1.29, 1.82) is 0 Å². The van der Waals surface area contributed by atoms with Crippen LogP contribution in [0.4, 0.5) is 17.6 Å². The van der Waals surface area contributed by atoms with E-state index in [2.05, 4.69) is 5.32 Å². The van der Waals surface area contributed by atoms with Gasteiger partial charge in [-0.2, -0.15) is 13.2 Å². The van der Waals surface area contributed by atoms with Crippen molar-refractivity contribution in [3.8, 4) is 0 Å². The molecule has 2 aromatic rings. The molecule has 0 spiro atoms. The molecule has 0 saturated carbocycles. The van der Waals surface area contributed by atoms with Crippen LogP contribution < -0.4 is 5.32 Å². The third kappa shape index (κ3) is 3.11. The Hall–Kier alpha value is -2.08. The number of nitrogens with one attached hydrogen (secondary N) is 1. The van der Waals surface area contributed by atoms with Crippen molar-refractivity contribution in [1.82, 2.24) is 5.32 Å². The number of halogens is 5. The summed E-state index contributed by atoms with van der Waals surface area (Å²) >= 11 is 5.83. The first-order valence-corrected chi connectivity index (χ1v) is 7.60. The molecular weight excluding hydrogens is 346 g/mol. The highest BCUT2D eigenvalue weighted by molar-refractivity contribution is 6.30. The van der Waals surface area contributed by atoms with E-state index in [0.29, 0.717) is 24.0 Å². The van der Waals surface area contributed by atoms with Crippen LogP contribution in [0.5, 0.6) is 0 Å². The Morgan fingerprint density at radius 1 is 1.21 bits per heavy atom. The predicted molar refractivity (Wildman–Crippen MR) is 81.4 cm³/mol. The number of carbonyl (C=O) groups is 1. The second kappa shape index (κ2) is 6.09. The lowest BCUT2D eigenvalue weighted by atomic mass is 10.0. The van der Waals surface area contributed by atoms with Crippen LogP contribution in [0, 0.1) is 5.82 Å². The molecule has 0 unspecified atom stereocenters. The van der Waals surface area contributed by atoms with E-state index in [1.54, 1.807) is 0 Å². The zero-order chi connectivity index (χ0) is 17.5. The minimum Gasteiger partial charge on any atom is -0.345 e. The van der Waals surface area contributed by atoms with Gasteiger partial charge in [-0.15, -0.1) is 0 Å². The number of benzene rings is 2. The average Bonchev–Trinajstić information content (AvgIpc) is 2.89. The van der Waals surface area contributed by atoms with Gasteiger partial charge in [-0.3, -0.25) is 4.79 Å². The number of rotatable bonds is 2. The van der Waals surface area contributed by atoms with Gasteiger partial charge in [0.25, 0.3) is 5.91 Å². The molecule has 1 aliphatic rings. The lowest BCUT2D eigenvalue weighted by Crippen LogP contribution is -2.29. The van der Waals surface area contributed by atoms with Gasteiger partial charge >= 0.3 is 6.18 Å². The molecule has 0 aliphatic heterocycles. The summed E-state index contributed by atoms with van der Waals surface area (Å²) in [4.78, 5) is 12.3. The summed E-state index contributed by atoms with van der Waals surface area (Å²) in [6.07, 6.45) is -3.83. The Morgan fingerprint density at radius 3 is 2.62 bits per heavy atom. The number of hydrogen-bond donors (Lipinski definition) is 1. The minimum atomic E-state index is -4.63. The Labute approximate surface area is 140 Å². The third-order valence-corrected chi connectivity index (χ3v) is 4.25. The Kier molecular flexibility index (Phi) is 4.25. The number of carbonyl (C=O) groups excluding carboxylic acids is 1. The van der Waals surface area contributed by atoms with Gasteiger partial charge in [0.05, 0.1) is 17.2 Å². The maximum atomic E-state index is 13.9. The second-order valence-electron chi connectivity index (χ2n) is 5.56. The zero-order valence-electron chi connectivity index (χ0n) is 12.3. The molecule has 24 heavy (non-hydrogen) atoms.